The van der Waals surface area contributed by atoms with E-state index in [-0.39, 0.29) is 6.10 Å². The molecule has 1 aliphatic rings. The molecule has 0 radical (unpaired) electrons. The van der Waals surface area contributed by atoms with Crippen molar-refractivity contribution in [3.63, 3.8) is 0 Å². The number of ether oxygens (including phenoxy) is 1. The fourth-order valence-electron chi connectivity index (χ4n) is 3.30. The van der Waals surface area contributed by atoms with E-state index in [4.69, 9.17) is 4.74 Å². The summed E-state index contributed by atoms with van der Waals surface area (Å²) in [6.07, 6.45) is -0.145. The van der Waals surface area contributed by atoms with Crippen molar-refractivity contribution in [3.8, 4) is 11.1 Å². The lowest BCUT2D eigenvalue weighted by atomic mass is 9.99. The summed E-state index contributed by atoms with van der Waals surface area (Å²) in [5.74, 6) is -1.25. The Kier molecular flexibility index (Phi) is 5.13. The van der Waals surface area contributed by atoms with E-state index in [1.807, 2.05) is 12.1 Å². The lowest BCUT2D eigenvalue weighted by molar-refractivity contribution is -0.139. The monoisotopic (exact) mass is 352 g/mol. The van der Waals surface area contributed by atoms with Gasteiger partial charge in [-0.05, 0) is 48.1 Å². The van der Waals surface area contributed by atoms with Gasteiger partial charge in [0, 0.05) is 0 Å². The normalized spacial score (nSPS) is 20.8. The van der Waals surface area contributed by atoms with Gasteiger partial charge in [0.05, 0.1) is 17.8 Å². The summed E-state index contributed by atoms with van der Waals surface area (Å²) < 4.78 is 57.7. The van der Waals surface area contributed by atoms with Crippen molar-refractivity contribution in [1.82, 2.24) is 0 Å². The Labute approximate surface area is 144 Å². The first kappa shape index (κ1) is 17.9. The maximum absolute atomic E-state index is 13.7. The van der Waals surface area contributed by atoms with Crippen molar-refractivity contribution in [2.75, 3.05) is 0 Å². The molecule has 2 unspecified atom stereocenters. The molecular weight excluding hydrogens is 332 g/mol. The fraction of sp³-hybridized carbons (Fsp3) is 0.400. The van der Waals surface area contributed by atoms with E-state index in [0.29, 0.717) is 17.2 Å². The van der Waals surface area contributed by atoms with E-state index in [9.17, 15) is 17.6 Å². The third-order valence-corrected chi connectivity index (χ3v) is 4.61. The Bertz CT molecular complexity index is 721. The van der Waals surface area contributed by atoms with Gasteiger partial charge >= 0.3 is 6.18 Å². The molecule has 0 spiro atoms. The number of halogens is 4. The molecule has 0 aliphatic carbocycles. The first-order chi connectivity index (χ1) is 11.9. The van der Waals surface area contributed by atoms with E-state index in [2.05, 4.69) is 6.92 Å². The summed E-state index contributed by atoms with van der Waals surface area (Å²) in [6.45, 7) is 2.13. The smallest absolute Gasteiger partial charge is 0.370 e. The second-order valence-corrected chi connectivity index (χ2v) is 6.43. The van der Waals surface area contributed by atoms with Crippen LogP contribution >= 0.6 is 0 Å². The van der Waals surface area contributed by atoms with E-state index in [1.165, 1.54) is 6.07 Å². The summed E-state index contributed by atoms with van der Waals surface area (Å²) in [4.78, 5) is 0. The van der Waals surface area contributed by atoms with Crippen molar-refractivity contribution >= 4 is 0 Å². The molecule has 3 rings (SSSR count). The van der Waals surface area contributed by atoms with Gasteiger partial charge in [0.1, 0.15) is 5.82 Å². The fourth-order valence-corrected chi connectivity index (χ4v) is 3.30. The number of hydrogen-bond donors (Lipinski definition) is 0. The second kappa shape index (κ2) is 7.16. The Morgan fingerprint density at radius 1 is 1.00 bits per heavy atom. The number of alkyl halides is 3. The van der Waals surface area contributed by atoms with Gasteiger partial charge in [0.25, 0.3) is 0 Å². The van der Waals surface area contributed by atoms with Crippen molar-refractivity contribution in [2.24, 2.45) is 0 Å². The van der Waals surface area contributed by atoms with E-state index in [1.54, 1.807) is 12.1 Å². The Morgan fingerprint density at radius 2 is 1.68 bits per heavy atom. The van der Waals surface area contributed by atoms with Gasteiger partial charge in [0.15, 0.2) is 0 Å². The lowest BCUT2D eigenvalue weighted by Crippen LogP contribution is -2.07. The van der Waals surface area contributed by atoms with Crippen LogP contribution in [-0.4, -0.2) is 6.10 Å². The van der Waals surface area contributed by atoms with E-state index in [0.717, 1.165) is 43.4 Å². The molecule has 1 nitrogen and oxygen atoms in total. The van der Waals surface area contributed by atoms with Crippen molar-refractivity contribution < 1.29 is 22.3 Å². The molecule has 0 saturated carbocycles. The van der Waals surface area contributed by atoms with Crippen LogP contribution in [0, 0.1) is 5.82 Å². The molecule has 1 saturated heterocycles. The van der Waals surface area contributed by atoms with Crippen molar-refractivity contribution in [3.05, 3.63) is 59.4 Å². The highest BCUT2D eigenvalue weighted by Gasteiger charge is 2.34. The predicted octanol–water partition coefficient (Wildman–Crippen LogP) is 6.53. The molecule has 2 aromatic carbocycles. The molecule has 0 amide bonds. The van der Waals surface area contributed by atoms with Gasteiger partial charge in [-0.1, -0.05) is 43.7 Å². The summed E-state index contributed by atoms with van der Waals surface area (Å²) in [5.41, 5.74) is 0.914. The van der Waals surface area contributed by atoms with Crippen LogP contribution in [0.25, 0.3) is 11.1 Å². The molecule has 134 valence electrons. The zero-order valence-electron chi connectivity index (χ0n) is 13.9. The third kappa shape index (κ3) is 4.03. The van der Waals surface area contributed by atoms with Crippen LogP contribution in [0.5, 0.6) is 0 Å². The van der Waals surface area contributed by atoms with Crippen LogP contribution in [0.4, 0.5) is 17.6 Å². The van der Waals surface area contributed by atoms with Crippen LogP contribution < -0.4 is 0 Å². The highest BCUT2D eigenvalue weighted by Crippen LogP contribution is 2.36. The predicted molar refractivity (Wildman–Crippen MR) is 88.6 cm³/mol. The molecule has 1 aliphatic heterocycles. The average Bonchev–Trinajstić information content (AvgIpc) is 3.03. The first-order valence-electron chi connectivity index (χ1n) is 8.51. The van der Waals surface area contributed by atoms with Crippen molar-refractivity contribution in [1.29, 1.82) is 0 Å². The minimum atomic E-state index is -4.68. The van der Waals surface area contributed by atoms with Gasteiger partial charge in [-0.15, -0.1) is 0 Å². The molecule has 2 atom stereocenters. The first-order valence-corrected chi connectivity index (χ1v) is 8.51. The van der Waals surface area contributed by atoms with Gasteiger partial charge in [-0.3, -0.25) is 0 Å². The Morgan fingerprint density at radius 3 is 2.28 bits per heavy atom. The van der Waals surface area contributed by atoms with Crippen LogP contribution in [0.15, 0.2) is 42.5 Å². The average molecular weight is 352 g/mol. The summed E-state index contributed by atoms with van der Waals surface area (Å²) in [7, 11) is 0. The van der Waals surface area contributed by atoms with Gasteiger partial charge in [-0.2, -0.15) is 13.2 Å². The maximum Gasteiger partial charge on any atom is 0.419 e. The molecule has 25 heavy (non-hydrogen) atoms. The molecule has 2 aromatic rings. The second-order valence-electron chi connectivity index (χ2n) is 6.43. The molecule has 0 aromatic heterocycles. The Balaban J connectivity index is 1.76. The highest BCUT2D eigenvalue weighted by atomic mass is 19.4. The number of benzene rings is 2. The van der Waals surface area contributed by atoms with Crippen LogP contribution in [0.2, 0.25) is 0 Å². The van der Waals surface area contributed by atoms with Gasteiger partial charge in [0.2, 0.25) is 0 Å². The third-order valence-electron chi connectivity index (χ3n) is 4.61. The molecule has 1 fully saturated rings. The van der Waals surface area contributed by atoms with Gasteiger partial charge < -0.3 is 4.74 Å². The van der Waals surface area contributed by atoms with E-state index < -0.39 is 17.6 Å². The topological polar surface area (TPSA) is 9.23 Å². The van der Waals surface area contributed by atoms with Crippen LogP contribution in [0.1, 0.15) is 49.8 Å². The zero-order valence-corrected chi connectivity index (χ0v) is 13.9. The molecule has 0 N–H and O–H groups in total. The summed E-state index contributed by atoms with van der Waals surface area (Å²) >= 11 is 0. The standard InChI is InChI=1S/C20H20F4O/c1-2-3-16-9-11-19(25-16)14-6-4-13(5-7-14)15-8-10-17(18(21)12-15)20(22,23)24/h4-8,10,12,16,19H,2-3,9,11H2,1H3. The molecule has 1 heterocycles. The molecular formula is C20H20F4O. The minimum absolute atomic E-state index is 0.0648. The Hall–Kier alpha value is -1.88. The summed E-state index contributed by atoms with van der Waals surface area (Å²) in [6, 6.07) is 10.4. The van der Waals surface area contributed by atoms with E-state index >= 15 is 0 Å². The number of rotatable bonds is 4. The zero-order chi connectivity index (χ0) is 18.0. The highest BCUT2D eigenvalue weighted by molar-refractivity contribution is 5.64. The maximum atomic E-state index is 13.7. The number of hydrogen-bond acceptors (Lipinski definition) is 1. The van der Waals surface area contributed by atoms with Crippen molar-refractivity contribution in [2.45, 2.75) is 51.0 Å². The quantitative estimate of drug-likeness (QED) is 0.568. The lowest BCUT2D eigenvalue weighted by Gasteiger charge is -2.14. The largest absolute Gasteiger partial charge is 0.419 e. The van der Waals surface area contributed by atoms with Gasteiger partial charge in [-0.25, -0.2) is 4.39 Å². The van der Waals surface area contributed by atoms with Crippen LogP contribution in [0.3, 0.4) is 0 Å². The molecule has 5 heteroatoms. The molecule has 0 bridgehead atoms. The summed E-state index contributed by atoms with van der Waals surface area (Å²) in [5, 5.41) is 0. The minimum Gasteiger partial charge on any atom is -0.370 e. The van der Waals surface area contributed by atoms with Crippen LogP contribution in [-0.2, 0) is 10.9 Å². The SMILES string of the molecule is CCCC1CCC(c2ccc(-c3ccc(C(F)(F)F)c(F)c3)cc2)O1.